The SMILES string of the molecule is CCN(CC)C(=O)c1ccc(NC(=S)NC(=O)c2cccs2)cc1. The lowest BCUT2D eigenvalue weighted by molar-refractivity contribution is 0.0772. The first kappa shape index (κ1) is 18.1. The van der Waals surface area contributed by atoms with Gasteiger partial charge in [-0.2, -0.15) is 0 Å². The highest BCUT2D eigenvalue weighted by Gasteiger charge is 2.12. The first-order valence-corrected chi connectivity index (χ1v) is 8.89. The van der Waals surface area contributed by atoms with E-state index in [1.54, 1.807) is 35.2 Å². The minimum atomic E-state index is -0.240. The van der Waals surface area contributed by atoms with Crippen LogP contribution in [-0.2, 0) is 0 Å². The number of hydrogen-bond acceptors (Lipinski definition) is 4. The molecule has 0 unspecified atom stereocenters. The molecule has 126 valence electrons. The Morgan fingerprint density at radius 3 is 2.33 bits per heavy atom. The van der Waals surface area contributed by atoms with E-state index >= 15 is 0 Å². The van der Waals surface area contributed by atoms with E-state index in [-0.39, 0.29) is 16.9 Å². The van der Waals surface area contributed by atoms with Crippen molar-refractivity contribution in [3.8, 4) is 0 Å². The summed E-state index contributed by atoms with van der Waals surface area (Å²) in [5.41, 5.74) is 1.33. The van der Waals surface area contributed by atoms with Gasteiger partial charge < -0.3 is 10.2 Å². The van der Waals surface area contributed by atoms with Gasteiger partial charge in [-0.25, -0.2) is 0 Å². The zero-order chi connectivity index (χ0) is 17.5. The molecule has 0 bridgehead atoms. The summed E-state index contributed by atoms with van der Waals surface area (Å²) in [6.45, 7) is 5.25. The fraction of sp³-hybridized carbons (Fsp3) is 0.235. The minimum absolute atomic E-state index is 0.000115. The summed E-state index contributed by atoms with van der Waals surface area (Å²) in [7, 11) is 0. The van der Waals surface area contributed by atoms with Gasteiger partial charge in [-0.1, -0.05) is 6.07 Å². The van der Waals surface area contributed by atoms with Crippen molar-refractivity contribution in [3.05, 3.63) is 52.2 Å². The summed E-state index contributed by atoms with van der Waals surface area (Å²) in [6, 6.07) is 10.6. The lowest BCUT2D eigenvalue weighted by atomic mass is 10.2. The molecule has 0 aliphatic rings. The van der Waals surface area contributed by atoms with E-state index in [1.165, 1.54) is 11.3 Å². The van der Waals surface area contributed by atoms with E-state index in [2.05, 4.69) is 10.6 Å². The van der Waals surface area contributed by atoms with Crippen molar-refractivity contribution in [2.45, 2.75) is 13.8 Å². The first-order valence-electron chi connectivity index (χ1n) is 7.60. The summed E-state index contributed by atoms with van der Waals surface area (Å²) < 4.78 is 0. The summed E-state index contributed by atoms with van der Waals surface area (Å²) in [4.78, 5) is 26.5. The zero-order valence-electron chi connectivity index (χ0n) is 13.5. The van der Waals surface area contributed by atoms with Crippen molar-refractivity contribution in [2.24, 2.45) is 0 Å². The maximum Gasteiger partial charge on any atom is 0.267 e. The molecular formula is C17H19N3O2S2. The van der Waals surface area contributed by atoms with Crippen LogP contribution in [0.1, 0.15) is 33.9 Å². The Balaban J connectivity index is 1.95. The molecule has 7 heteroatoms. The molecule has 0 radical (unpaired) electrons. The Hall–Kier alpha value is -2.25. The van der Waals surface area contributed by atoms with Crippen LogP contribution in [-0.4, -0.2) is 34.9 Å². The summed E-state index contributed by atoms with van der Waals surface area (Å²) in [5.74, 6) is -0.240. The number of carbonyl (C=O) groups excluding carboxylic acids is 2. The number of anilines is 1. The van der Waals surface area contributed by atoms with Crippen LogP contribution < -0.4 is 10.6 Å². The number of benzene rings is 1. The van der Waals surface area contributed by atoms with E-state index in [0.29, 0.717) is 29.2 Å². The van der Waals surface area contributed by atoms with Gasteiger partial charge in [-0.3, -0.25) is 14.9 Å². The largest absolute Gasteiger partial charge is 0.339 e. The minimum Gasteiger partial charge on any atom is -0.339 e. The van der Waals surface area contributed by atoms with Gasteiger partial charge in [-0.15, -0.1) is 11.3 Å². The number of thiophene rings is 1. The van der Waals surface area contributed by atoms with Gasteiger partial charge in [0, 0.05) is 24.3 Å². The molecule has 0 aliphatic carbocycles. The third-order valence-electron chi connectivity index (χ3n) is 3.41. The smallest absolute Gasteiger partial charge is 0.267 e. The van der Waals surface area contributed by atoms with Crippen molar-refractivity contribution in [3.63, 3.8) is 0 Å². The molecular weight excluding hydrogens is 342 g/mol. The van der Waals surface area contributed by atoms with Crippen molar-refractivity contribution in [1.29, 1.82) is 0 Å². The molecule has 2 aromatic rings. The second-order valence-electron chi connectivity index (χ2n) is 4.94. The predicted octanol–water partition coefficient (Wildman–Crippen LogP) is 3.36. The lowest BCUT2D eigenvalue weighted by Crippen LogP contribution is -2.33. The molecule has 0 saturated heterocycles. The van der Waals surface area contributed by atoms with Crippen molar-refractivity contribution in [2.75, 3.05) is 18.4 Å². The molecule has 2 N–H and O–H groups in total. The van der Waals surface area contributed by atoms with Gasteiger partial charge in [0.15, 0.2) is 5.11 Å². The number of hydrogen-bond donors (Lipinski definition) is 2. The Bertz CT molecular complexity index is 708. The Labute approximate surface area is 150 Å². The van der Waals surface area contributed by atoms with Crippen molar-refractivity contribution >= 4 is 46.2 Å². The lowest BCUT2D eigenvalue weighted by Gasteiger charge is -2.18. The van der Waals surface area contributed by atoms with E-state index in [0.717, 1.165) is 0 Å². The number of rotatable bonds is 5. The number of thiocarbonyl (C=S) groups is 1. The molecule has 2 rings (SSSR count). The monoisotopic (exact) mass is 361 g/mol. The topological polar surface area (TPSA) is 61.4 Å². The molecule has 0 saturated carbocycles. The Morgan fingerprint density at radius 2 is 1.79 bits per heavy atom. The zero-order valence-corrected chi connectivity index (χ0v) is 15.2. The number of nitrogens with one attached hydrogen (secondary N) is 2. The standard InChI is InChI=1S/C17H19N3O2S2/c1-3-20(4-2)16(22)12-7-9-13(10-8-12)18-17(23)19-15(21)14-6-5-11-24-14/h5-11H,3-4H2,1-2H3,(H2,18,19,21,23). The summed E-state index contributed by atoms with van der Waals surface area (Å²) in [6.07, 6.45) is 0. The molecule has 2 amide bonds. The third-order valence-corrected chi connectivity index (χ3v) is 4.49. The Morgan fingerprint density at radius 1 is 1.12 bits per heavy atom. The van der Waals surface area contributed by atoms with Crippen LogP contribution in [0, 0.1) is 0 Å². The summed E-state index contributed by atoms with van der Waals surface area (Å²) >= 11 is 6.49. The van der Waals surface area contributed by atoms with Gasteiger partial charge in [0.25, 0.3) is 11.8 Å². The molecule has 0 atom stereocenters. The van der Waals surface area contributed by atoms with E-state index in [4.69, 9.17) is 12.2 Å². The first-order chi connectivity index (χ1) is 11.5. The molecule has 1 heterocycles. The van der Waals surface area contributed by atoms with Crippen molar-refractivity contribution < 1.29 is 9.59 Å². The fourth-order valence-electron chi connectivity index (χ4n) is 2.12. The number of carbonyl (C=O) groups is 2. The van der Waals surface area contributed by atoms with Crippen LogP contribution in [0.15, 0.2) is 41.8 Å². The average molecular weight is 361 g/mol. The van der Waals surface area contributed by atoms with Gasteiger partial charge in [-0.05, 0) is 61.8 Å². The normalized spacial score (nSPS) is 10.1. The second-order valence-corrected chi connectivity index (χ2v) is 6.30. The van der Waals surface area contributed by atoms with Gasteiger partial charge >= 0.3 is 0 Å². The number of amides is 2. The molecule has 0 spiro atoms. The molecule has 0 aliphatic heterocycles. The van der Waals surface area contributed by atoms with Gasteiger partial charge in [0.05, 0.1) is 4.88 Å². The van der Waals surface area contributed by atoms with Crippen LogP contribution in [0.4, 0.5) is 5.69 Å². The van der Waals surface area contributed by atoms with Crippen LogP contribution in [0.25, 0.3) is 0 Å². The molecule has 24 heavy (non-hydrogen) atoms. The number of nitrogens with zero attached hydrogens (tertiary/aromatic N) is 1. The van der Waals surface area contributed by atoms with Gasteiger partial charge in [0.2, 0.25) is 0 Å². The highest BCUT2D eigenvalue weighted by molar-refractivity contribution is 7.80. The fourth-order valence-corrected chi connectivity index (χ4v) is 2.95. The quantitative estimate of drug-likeness (QED) is 0.802. The predicted molar refractivity (Wildman–Crippen MR) is 102 cm³/mol. The van der Waals surface area contributed by atoms with Crippen molar-refractivity contribution in [1.82, 2.24) is 10.2 Å². The van der Waals surface area contributed by atoms with Crippen LogP contribution in [0.5, 0.6) is 0 Å². The van der Waals surface area contributed by atoms with E-state index in [1.807, 2.05) is 25.3 Å². The third kappa shape index (κ3) is 4.62. The molecule has 1 aromatic carbocycles. The highest BCUT2D eigenvalue weighted by Crippen LogP contribution is 2.12. The van der Waals surface area contributed by atoms with Crippen LogP contribution in [0.3, 0.4) is 0 Å². The molecule has 0 fully saturated rings. The van der Waals surface area contributed by atoms with Crippen LogP contribution >= 0.6 is 23.6 Å². The Kier molecular flexibility index (Phi) is 6.45. The molecule has 1 aromatic heterocycles. The second kappa shape index (κ2) is 8.56. The van der Waals surface area contributed by atoms with Gasteiger partial charge in [0.1, 0.15) is 0 Å². The van der Waals surface area contributed by atoms with E-state index < -0.39 is 0 Å². The molecule has 5 nitrogen and oxygen atoms in total. The average Bonchev–Trinajstić information content (AvgIpc) is 3.11. The van der Waals surface area contributed by atoms with E-state index in [9.17, 15) is 9.59 Å². The van der Waals surface area contributed by atoms with Crippen LogP contribution in [0.2, 0.25) is 0 Å². The maximum absolute atomic E-state index is 12.2. The highest BCUT2D eigenvalue weighted by atomic mass is 32.1. The summed E-state index contributed by atoms with van der Waals surface area (Å²) in [5, 5.41) is 7.61. The maximum atomic E-state index is 12.2.